The highest BCUT2D eigenvalue weighted by Gasteiger charge is 2.32. The van der Waals surface area contributed by atoms with Crippen LogP contribution in [0.15, 0.2) is 66.9 Å². The Morgan fingerprint density at radius 1 is 0.733 bits per heavy atom. The van der Waals surface area contributed by atoms with Gasteiger partial charge in [0.1, 0.15) is 7.05 Å². The molecule has 2 aromatic carbocycles. The largest absolute Gasteiger partial charge is 0.212 e. The summed E-state index contributed by atoms with van der Waals surface area (Å²) in [5.74, 6) is 2.80. The number of aryl methyl sites for hydroxylation is 2. The van der Waals surface area contributed by atoms with Crippen molar-refractivity contribution in [1.29, 1.82) is 0 Å². The van der Waals surface area contributed by atoms with Crippen molar-refractivity contribution < 1.29 is 4.57 Å². The molecule has 0 amide bonds. The minimum absolute atomic E-state index is 0.776. The lowest BCUT2D eigenvalue weighted by Gasteiger charge is -2.39. The Morgan fingerprint density at radius 2 is 1.47 bits per heavy atom. The topological polar surface area (TPSA) is 3.88 Å². The second-order valence-electron chi connectivity index (χ2n) is 9.67. The van der Waals surface area contributed by atoms with Crippen molar-refractivity contribution in [1.82, 2.24) is 0 Å². The predicted octanol–water partition coefficient (Wildman–Crippen LogP) is 7.23. The molecule has 0 N–H and O–H groups in total. The standard InChI is InChI=1S/C29H34N/c1-21-7-3-6-10-28(21)29-18-17-27(20-30(29)2)24-13-11-23(12-14-24)26-16-15-22-8-4-5-9-25(22)19-26/h3,6-7,10-14,17-18,20,22,25-26H,4-5,8-9,15-16,19H2,1-2H3/q+1/t22-,25-,26?/m0/s1. The normalized spacial score (nSPS) is 23.7. The highest BCUT2D eigenvalue weighted by atomic mass is 14.9. The predicted molar refractivity (Wildman–Crippen MR) is 125 cm³/mol. The maximum Gasteiger partial charge on any atom is 0.212 e. The van der Waals surface area contributed by atoms with Crippen LogP contribution in [-0.2, 0) is 7.05 Å². The van der Waals surface area contributed by atoms with Gasteiger partial charge in [0.25, 0.3) is 0 Å². The van der Waals surface area contributed by atoms with Gasteiger partial charge < -0.3 is 0 Å². The van der Waals surface area contributed by atoms with Crippen molar-refractivity contribution in [2.45, 2.75) is 57.8 Å². The van der Waals surface area contributed by atoms with E-state index in [1.165, 1.54) is 72.9 Å². The molecule has 2 fully saturated rings. The summed E-state index contributed by atoms with van der Waals surface area (Å²) < 4.78 is 2.26. The number of rotatable bonds is 3. The van der Waals surface area contributed by atoms with Crippen LogP contribution in [0.5, 0.6) is 0 Å². The molecule has 30 heavy (non-hydrogen) atoms. The third kappa shape index (κ3) is 3.83. The monoisotopic (exact) mass is 396 g/mol. The number of hydrogen-bond donors (Lipinski definition) is 0. The highest BCUT2D eigenvalue weighted by Crippen LogP contribution is 2.46. The molecule has 0 saturated heterocycles. The van der Waals surface area contributed by atoms with Crippen LogP contribution in [0.25, 0.3) is 22.4 Å². The quantitative estimate of drug-likeness (QED) is 0.411. The van der Waals surface area contributed by atoms with Gasteiger partial charge in [-0.3, -0.25) is 0 Å². The van der Waals surface area contributed by atoms with Crippen LogP contribution in [0.3, 0.4) is 0 Å². The maximum atomic E-state index is 2.40. The van der Waals surface area contributed by atoms with E-state index in [1.54, 1.807) is 5.56 Å². The summed E-state index contributed by atoms with van der Waals surface area (Å²) in [6.07, 6.45) is 12.4. The smallest absolute Gasteiger partial charge is 0.200 e. The second kappa shape index (κ2) is 8.38. The molecule has 5 rings (SSSR count). The molecule has 0 bridgehead atoms. The lowest BCUT2D eigenvalue weighted by Crippen LogP contribution is -2.30. The molecule has 0 aliphatic heterocycles. The first-order chi connectivity index (χ1) is 14.7. The first kappa shape index (κ1) is 19.5. The van der Waals surface area contributed by atoms with E-state index in [0.29, 0.717) is 0 Å². The number of nitrogens with zero attached hydrogens (tertiary/aromatic N) is 1. The number of benzene rings is 2. The molecular formula is C29H34N+. The van der Waals surface area contributed by atoms with Crippen molar-refractivity contribution in [3.63, 3.8) is 0 Å². The average molecular weight is 397 g/mol. The molecule has 0 radical (unpaired) electrons. The van der Waals surface area contributed by atoms with E-state index in [9.17, 15) is 0 Å². The molecule has 1 heterocycles. The Bertz CT molecular complexity index is 1020. The van der Waals surface area contributed by atoms with Crippen molar-refractivity contribution in [3.8, 4) is 22.4 Å². The lowest BCUT2D eigenvalue weighted by molar-refractivity contribution is -0.659. The number of hydrogen-bond acceptors (Lipinski definition) is 0. The fraction of sp³-hybridized carbons (Fsp3) is 0.414. The summed E-state index contributed by atoms with van der Waals surface area (Å²) >= 11 is 0. The number of fused-ring (bicyclic) bond motifs is 1. The zero-order valence-electron chi connectivity index (χ0n) is 18.5. The summed E-state index contributed by atoms with van der Waals surface area (Å²) in [5, 5.41) is 0. The van der Waals surface area contributed by atoms with Gasteiger partial charge in [-0.2, -0.15) is 0 Å². The minimum Gasteiger partial charge on any atom is -0.200 e. The van der Waals surface area contributed by atoms with Crippen molar-refractivity contribution in [2.24, 2.45) is 18.9 Å². The second-order valence-corrected chi connectivity index (χ2v) is 9.67. The van der Waals surface area contributed by atoms with E-state index in [4.69, 9.17) is 0 Å². The summed E-state index contributed by atoms with van der Waals surface area (Å²) in [5.41, 5.74) is 8.05. The van der Waals surface area contributed by atoms with Gasteiger partial charge in [-0.15, -0.1) is 0 Å². The summed E-state index contributed by atoms with van der Waals surface area (Å²) in [6.45, 7) is 2.18. The molecule has 2 saturated carbocycles. The highest BCUT2D eigenvalue weighted by molar-refractivity contribution is 5.66. The van der Waals surface area contributed by atoms with Crippen LogP contribution in [0.2, 0.25) is 0 Å². The van der Waals surface area contributed by atoms with Crippen LogP contribution in [0.4, 0.5) is 0 Å². The molecule has 0 spiro atoms. The zero-order valence-corrected chi connectivity index (χ0v) is 18.5. The van der Waals surface area contributed by atoms with Gasteiger partial charge in [-0.1, -0.05) is 68.1 Å². The van der Waals surface area contributed by atoms with Crippen LogP contribution >= 0.6 is 0 Å². The summed E-state index contributed by atoms with van der Waals surface area (Å²) in [7, 11) is 2.16. The molecule has 1 unspecified atom stereocenters. The summed E-state index contributed by atoms with van der Waals surface area (Å²) in [6, 6.07) is 22.6. The van der Waals surface area contributed by atoms with Crippen molar-refractivity contribution in [3.05, 3.63) is 78.0 Å². The van der Waals surface area contributed by atoms with Gasteiger partial charge in [-0.05, 0) is 72.8 Å². The molecule has 3 aromatic rings. The molecular weight excluding hydrogens is 362 g/mol. The maximum absolute atomic E-state index is 2.40. The Balaban J connectivity index is 1.34. The van der Waals surface area contributed by atoms with Gasteiger partial charge in [0.2, 0.25) is 5.69 Å². The van der Waals surface area contributed by atoms with Gasteiger partial charge in [0.15, 0.2) is 6.20 Å². The fourth-order valence-electron chi connectivity index (χ4n) is 6.04. The molecule has 1 heteroatoms. The van der Waals surface area contributed by atoms with E-state index < -0.39 is 0 Å². The van der Waals surface area contributed by atoms with E-state index >= 15 is 0 Å². The third-order valence-electron chi connectivity index (χ3n) is 7.81. The third-order valence-corrected chi connectivity index (χ3v) is 7.81. The molecule has 154 valence electrons. The SMILES string of the molecule is Cc1ccccc1-c1ccc(-c2ccc(C3CC[C@@H]4CCCC[C@H]4C3)cc2)c[n+]1C. The van der Waals surface area contributed by atoms with Crippen molar-refractivity contribution >= 4 is 0 Å². The lowest BCUT2D eigenvalue weighted by atomic mass is 9.66. The minimum atomic E-state index is 0.776. The first-order valence-electron chi connectivity index (χ1n) is 11.8. The molecule has 2 aliphatic carbocycles. The van der Waals surface area contributed by atoms with Crippen LogP contribution in [0.1, 0.15) is 62.0 Å². The summed E-state index contributed by atoms with van der Waals surface area (Å²) in [4.78, 5) is 0. The van der Waals surface area contributed by atoms with Crippen molar-refractivity contribution in [2.75, 3.05) is 0 Å². The van der Waals surface area contributed by atoms with E-state index in [1.807, 2.05) is 0 Å². The number of pyridine rings is 1. The fourth-order valence-corrected chi connectivity index (χ4v) is 6.04. The Kier molecular flexibility index (Phi) is 5.46. The van der Waals surface area contributed by atoms with Gasteiger partial charge >= 0.3 is 0 Å². The van der Waals surface area contributed by atoms with Gasteiger partial charge in [0.05, 0.1) is 0 Å². The van der Waals surface area contributed by atoms with E-state index in [0.717, 1.165) is 17.8 Å². The molecule has 3 atom stereocenters. The Hall–Kier alpha value is -2.41. The molecule has 1 nitrogen and oxygen atoms in total. The molecule has 2 aliphatic rings. The average Bonchev–Trinajstić information content (AvgIpc) is 2.79. The van der Waals surface area contributed by atoms with E-state index in [2.05, 4.69) is 85.4 Å². The van der Waals surface area contributed by atoms with E-state index in [-0.39, 0.29) is 0 Å². The Morgan fingerprint density at radius 3 is 2.23 bits per heavy atom. The zero-order chi connectivity index (χ0) is 20.5. The Labute approximate surface area is 181 Å². The first-order valence-corrected chi connectivity index (χ1v) is 11.8. The molecule has 1 aromatic heterocycles. The van der Waals surface area contributed by atoms with Crippen LogP contribution in [0, 0.1) is 18.8 Å². The van der Waals surface area contributed by atoms with Gasteiger partial charge in [-0.25, -0.2) is 4.57 Å². The van der Waals surface area contributed by atoms with Crippen LogP contribution in [-0.4, -0.2) is 0 Å². The van der Waals surface area contributed by atoms with Gasteiger partial charge in [0, 0.05) is 17.2 Å². The number of aromatic nitrogens is 1. The van der Waals surface area contributed by atoms with Crippen LogP contribution < -0.4 is 4.57 Å².